The van der Waals surface area contributed by atoms with Crippen LogP contribution in [0, 0.1) is 0 Å². The highest BCUT2D eigenvalue weighted by Gasteiger charge is 2.05. The lowest BCUT2D eigenvalue weighted by molar-refractivity contribution is -0.146. The summed E-state index contributed by atoms with van der Waals surface area (Å²) in [6.45, 7) is -0.438. The van der Waals surface area contributed by atoms with E-state index in [-0.39, 0.29) is 19.8 Å². The van der Waals surface area contributed by atoms with Crippen LogP contribution in [0.1, 0.15) is 0 Å². The molecule has 1 aromatic carbocycles. The lowest BCUT2D eigenvalue weighted by Gasteiger charge is -2.06. The van der Waals surface area contributed by atoms with E-state index in [1.807, 2.05) is 0 Å². The van der Waals surface area contributed by atoms with Crippen molar-refractivity contribution in [3.05, 3.63) is 29.3 Å². The molecule has 0 saturated carbocycles. The zero-order valence-corrected chi connectivity index (χ0v) is 8.74. The van der Waals surface area contributed by atoms with E-state index in [1.54, 1.807) is 24.3 Å². The highest BCUT2D eigenvalue weighted by molar-refractivity contribution is 6.32. The summed E-state index contributed by atoms with van der Waals surface area (Å²) in [6, 6.07) is 6.83. The van der Waals surface area contributed by atoms with Crippen molar-refractivity contribution in [1.29, 1.82) is 0 Å². The predicted octanol–water partition coefficient (Wildman–Crippen LogP) is 1.25. The zero-order valence-electron chi connectivity index (χ0n) is 7.98. The van der Waals surface area contributed by atoms with Gasteiger partial charge in [0.05, 0.1) is 11.6 Å². The maximum atomic E-state index is 11.0. The molecular weight excluding hydrogens is 220 g/mol. The Balaban J connectivity index is 2.37. The normalized spacial score (nSPS) is 9.73. The molecule has 1 N–H and O–H groups in total. The van der Waals surface area contributed by atoms with E-state index in [4.69, 9.17) is 21.4 Å². The Hall–Kier alpha value is -1.26. The van der Waals surface area contributed by atoms with Gasteiger partial charge in [0.2, 0.25) is 0 Å². The first-order chi connectivity index (χ1) is 7.24. The van der Waals surface area contributed by atoms with E-state index in [2.05, 4.69) is 4.74 Å². The van der Waals surface area contributed by atoms with Gasteiger partial charge in [-0.1, -0.05) is 23.7 Å². The van der Waals surface area contributed by atoms with Gasteiger partial charge in [-0.2, -0.15) is 0 Å². The van der Waals surface area contributed by atoms with Gasteiger partial charge in [-0.05, 0) is 12.1 Å². The standard InChI is InChI=1S/C10H11ClO4/c11-8-3-1-2-4-9(8)15-7-10(13)14-6-5-12/h1-4,12H,5-7H2. The van der Waals surface area contributed by atoms with E-state index < -0.39 is 5.97 Å². The number of aliphatic hydroxyl groups is 1. The molecule has 1 rings (SSSR count). The molecule has 0 amide bonds. The Morgan fingerprint density at radius 2 is 2.13 bits per heavy atom. The summed E-state index contributed by atoms with van der Waals surface area (Å²) in [5, 5.41) is 8.84. The summed E-state index contributed by atoms with van der Waals surface area (Å²) in [4.78, 5) is 11.0. The number of esters is 1. The second-order valence-electron chi connectivity index (χ2n) is 2.66. The molecule has 0 bridgehead atoms. The molecule has 0 aromatic heterocycles. The first kappa shape index (κ1) is 11.8. The molecule has 0 saturated heterocycles. The number of ether oxygens (including phenoxy) is 2. The van der Waals surface area contributed by atoms with Crippen molar-refractivity contribution in [2.75, 3.05) is 19.8 Å². The molecule has 0 atom stereocenters. The maximum Gasteiger partial charge on any atom is 0.344 e. The molecule has 5 heteroatoms. The molecule has 0 heterocycles. The fourth-order valence-electron chi connectivity index (χ4n) is 0.900. The number of aliphatic hydroxyl groups excluding tert-OH is 1. The van der Waals surface area contributed by atoms with Gasteiger partial charge in [-0.25, -0.2) is 4.79 Å². The number of hydrogen-bond acceptors (Lipinski definition) is 4. The average Bonchev–Trinajstić information content (AvgIpc) is 2.25. The summed E-state index contributed by atoms with van der Waals surface area (Å²) in [5.41, 5.74) is 0. The molecular formula is C10H11ClO4. The summed E-state index contributed by atoms with van der Waals surface area (Å²) < 4.78 is 9.70. The van der Waals surface area contributed by atoms with Gasteiger partial charge in [0, 0.05) is 0 Å². The summed E-state index contributed by atoms with van der Waals surface area (Å²) in [6.07, 6.45) is 0. The van der Waals surface area contributed by atoms with Crippen molar-refractivity contribution in [2.45, 2.75) is 0 Å². The van der Waals surface area contributed by atoms with Crippen molar-refractivity contribution in [3.63, 3.8) is 0 Å². The average molecular weight is 231 g/mol. The van der Waals surface area contributed by atoms with Crippen LogP contribution in [-0.4, -0.2) is 30.9 Å². The molecule has 4 nitrogen and oxygen atoms in total. The first-order valence-corrected chi connectivity index (χ1v) is 4.75. The highest BCUT2D eigenvalue weighted by atomic mass is 35.5. The molecule has 0 fully saturated rings. The van der Waals surface area contributed by atoms with E-state index in [9.17, 15) is 4.79 Å². The number of carbonyl (C=O) groups is 1. The SMILES string of the molecule is O=C(COc1ccccc1Cl)OCCO. The van der Waals surface area contributed by atoms with E-state index in [0.29, 0.717) is 10.8 Å². The molecule has 0 aliphatic heterocycles. The minimum atomic E-state index is -0.538. The second-order valence-corrected chi connectivity index (χ2v) is 3.07. The van der Waals surface area contributed by atoms with Gasteiger partial charge in [-0.3, -0.25) is 0 Å². The lowest BCUT2D eigenvalue weighted by atomic mass is 10.3. The predicted molar refractivity (Wildman–Crippen MR) is 55.0 cm³/mol. The number of halogens is 1. The molecule has 0 radical (unpaired) electrons. The Morgan fingerprint density at radius 1 is 1.40 bits per heavy atom. The Bertz CT molecular complexity index is 327. The van der Waals surface area contributed by atoms with Crippen molar-refractivity contribution >= 4 is 17.6 Å². The third-order valence-electron chi connectivity index (χ3n) is 1.54. The fourth-order valence-corrected chi connectivity index (χ4v) is 1.09. The van der Waals surface area contributed by atoms with Gasteiger partial charge < -0.3 is 14.6 Å². The largest absolute Gasteiger partial charge is 0.480 e. The third-order valence-corrected chi connectivity index (χ3v) is 1.85. The Morgan fingerprint density at radius 3 is 2.80 bits per heavy atom. The smallest absolute Gasteiger partial charge is 0.344 e. The number of rotatable bonds is 5. The topological polar surface area (TPSA) is 55.8 Å². The van der Waals surface area contributed by atoms with Gasteiger partial charge >= 0.3 is 5.97 Å². The van der Waals surface area contributed by atoms with Gasteiger partial charge in [0.1, 0.15) is 12.4 Å². The van der Waals surface area contributed by atoms with Crippen molar-refractivity contribution in [3.8, 4) is 5.75 Å². The zero-order chi connectivity index (χ0) is 11.1. The molecule has 82 valence electrons. The molecule has 0 unspecified atom stereocenters. The maximum absolute atomic E-state index is 11.0. The van der Waals surface area contributed by atoms with Crippen molar-refractivity contribution < 1.29 is 19.4 Å². The van der Waals surface area contributed by atoms with Gasteiger partial charge in [0.15, 0.2) is 6.61 Å². The van der Waals surface area contributed by atoms with Crippen LogP contribution in [0.4, 0.5) is 0 Å². The monoisotopic (exact) mass is 230 g/mol. The second kappa shape index (κ2) is 6.27. The van der Waals surface area contributed by atoms with Crippen LogP contribution in [0.5, 0.6) is 5.75 Å². The van der Waals surface area contributed by atoms with Crippen LogP contribution < -0.4 is 4.74 Å². The van der Waals surface area contributed by atoms with Crippen LogP contribution in [0.2, 0.25) is 5.02 Å². The lowest BCUT2D eigenvalue weighted by Crippen LogP contribution is -2.16. The number of para-hydroxylation sites is 1. The van der Waals surface area contributed by atoms with Crippen molar-refractivity contribution in [1.82, 2.24) is 0 Å². The molecule has 0 aliphatic rings. The quantitative estimate of drug-likeness (QED) is 0.774. The highest BCUT2D eigenvalue weighted by Crippen LogP contribution is 2.22. The van der Waals surface area contributed by atoms with Gasteiger partial charge in [-0.15, -0.1) is 0 Å². The van der Waals surface area contributed by atoms with Crippen LogP contribution in [0.3, 0.4) is 0 Å². The molecule has 0 spiro atoms. The molecule has 1 aromatic rings. The van der Waals surface area contributed by atoms with Crippen LogP contribution >= 0.6 is 11.6 Å². The summed E-state index contributed by atoms with van der Waals surface area (Å²) in [7, 11) is 0. The van der Waals surface area contributed by atoms with Crippen LogP contribution in [0.25, 0.3) is 0 Å². The first-order valence-electron chi connectivity index (χ1n) is 4.38. The molecule has 15 heavy (non-hydrogen) atoms. The van der Waals surface area contributed by atoms with Crippen LogP contribution in [-0.2, 0) is 9.53 Å². The fraction of sp³-hybridized carbons (Fsp3) is 0.300. The number of carbonyl (C=O) groups excluding carboxylic acids is 1. The van der Waals surface area contributed by atoms with E-state index >= 15 is 0 Å². The summed E-state index contributed by atoms with van der Waals surface area (Å²) in [5.74, 6) is -0.107. The summed E-state index contributed by atoms with van der Waals surface area (Å²) >= 11 is 5.79. The molecule has 0 aliphatic carbocycles. The van der Waals surface area contributed by atoms with Crippen LogP contribution in [0.15, 0.2) is 24.3 Å². The third kappa shape index (κ3) is 4.18. The Kier molecular flexibility index (Phi) is 4.93. The Labute approximate surface area is 92.4 Å². The number of hydrogen-bond donors (Lipinski definition) is 1. The minimum Gasteiger partial charge on any atom is -0.480 e. The minimum absolute atomic E-state index is 0.0231. The van der Waals surface area contributed by atoms with E-state index in [0.717, 1.165) is 0 Å². The number of benzene rings is 1. The van der Waals surface area contributed by atoms with Crippen molar-refractivity contribution in [2.24, 2.45) is 0 Å². The van der Waals surface area contributed by atoms with E-state index in [1.165, 1.54) is 0 Å². The van der Waals surface area contributed by atoms with Gasteiger partial charge in [0.25, 0.3) is 0 Å².